The van der Waals surface area contributed by atoms with Gasteiger partial charge in [-0.2, -0.15) is 5.10 Å². The Morgan fingerprint density at radius 3 is 2.12 bits per heavy atom. The highest BCUT2D eigenvalue weighted by molar-refractivity contribution is 7.92. The van der Waals surface area contributed by atoms with Crippen molar-refractivity contribution in [1.82, 2.24) is 5.43 Å². The molecule has 0 spiro atoms. The number of methoxy groups -OCH3 is 1. The highest BCUT2D eigenvalue weighted by Crippen LogP contribution is 2.21. The van der Waals surface area contributed by atoms with Gasteiger partial charge in [-0.1, -0.05) is 42.5 Å². The largest absolute Gasteiger partial charge is 0.465 e. The molecule has 3 aromatic rings. The lowest BCUT2D eigenvalue weighted by Gasteiger charge is -2.22. The first-order valence-corrected chi connectivity index (χ1v) is 11.8. The molecule has 0 aliphatic heterocycles. The number of hydrogen-bond donors (Lipinski definition) is 1. The van der Waals surface area contributed by atoms with E-state index in [1.807, 2.05) is 30.3 Å². The summed E-state index contributed by atoms with van der Waals surface area (Å²) in [7, 11) is -2.22. The molecule has 0 unspecified atom stereocenters. The Kier molecular flexibility index (Phi) is 7.57. The van der Waals surface area contributed by atoms with Crippen molar-refractivity contribution in [2.45, 2.75) is 6.54 Å². The van der Waals surface area contributed by atoms with Gasteiger partial charge in [0, 0.05) is 5.56 Å². The Bertz CT molecular complexity index is 1240. The fourth-order valence-corrected chi connectivity index (χ4v) is 3.87. The summed E-state index contributed by atoms with van der Waals surface area (Å²) in [6.07, 6.45) is 2.58. The van der Waals surface area contributed by atoms with Crippen LogP contribution in [0.2, 0.25) is 0 Å². The molecule has 0 bridgehead atoms. The number of carbonyl (C=O) groups excluding carboxylic acids is 2. The van der Waals surface area contributed by atoms with Crippen LogP contribution in [0, 0.1) is 0 Å². The molecule has 1 amide bonds. The van der Waals surface area contributed by atoms with Gasteiger partial charge in [-0.3, -0.25) is 9.10 Å². The Morgan fingerprint density at radius 2 is 1.55 bits per heavy atom. The number of esters is 1. The van der Waals surface area contributed by atoms with E-state index in [1.54, 1.807) is 36.4 Å². The third kappa shape index (κ3) is 6.50. The zero-order valence-electron chi connectivity index (χ0n) is 18.1. The molecule has 0 fully saturated rings. The van der Waals surface area contributed by atoms with E-state index >= 15 is 0 Å². The summed E-state index contributed by atoms with van der Waals surface area (Å²) in [4.78, 5) is 23.8. The maximum Gasteiger partial charge on any atom is 0.337 e. The van der Waals surface area contributed by atoms with Crippen molar-refractivity contribution in [3.8, 4) is 0 Å². The molecule has 0 saturated carbocycles. The van der Waals surface area contributed by atoms with Crippen LogP contribution in [0.15, 0.2) is 84.0 Å². The molecule has 0 saturated heterocycles. The summed E-state index contributed by atoms with van der Waals surface area (Å²) < 4.78 is 30.5. The third-order valence-corrected chi connectivity index (χ3v) is 5.84. The summed E-state index contributed by atoms with van der Waals surface area (Å²) in [5.74, 6) is -0.883. The van der Waals surface area contributed by atoms with Crippen LogP contribution in [0.1, 0.15) is 31.8 Å². The molecule has 0 aliphatic carbocycles. The van der Waals surface area contributed by atoms with Gasteiger partial charge in [-0.05, 0) is 47.5 Å². The number of hydrogen-bond acceptors (Lipinski definition) is 6. The van der Waals surface area contributed by atoms with Crippen LogP contribution in [0.5, 0.6) is 0 Å². The fraction of sp³-hybridized carbons (Fsp3) is 0.125. The lowest BCUT2D eigenvalue weighted by atomic mass is 10.1. The number of anilines is 1. The van der Waals surface area contributed by atoms with Gasteiger partial charge in [-0.25, -0.2) is 18.6 Å². The van der Waals surface area contributed by atoms with Crippen molar-refractivity contribution in [2.24, 2.45) is 5.10 Å². The number of nitrogens with one attached hydrogen (secondary N) is 1. The molecule has 0 atom stereocenters. The number of carbonyl (C=O) groups is 2. The van der Waals surface area contributed by atoms with Crippen LogP contribution in [0.3, 0.4) is 0 Å². The number of benzene rings is 3. The van der Waals surface area contributed by atoms with E-state index in [0.717, 1.165) is 11.8 Å². The molecule has 3 rings (SSSR count). The predicted octanol–water partition coefficient (Wildman–Crippen LogP) is 3.20. The molecule has 3 aromatic carbocycles. The summed E-state index contributed by atoms with van der Waals surface area (Å²) in [5, 5.41) is 3.92. The van der Waals surface area contributed by atoms with Crippen molar-refractivity contribution in [3.05, 3.63) is 101 Å². The third-order valence-electron chi connectivity index (χ3n) is 4.70. The first-order valence-electron chi connectivity index (χ1n) is 9.91. The molecular weight excluding hydrogens is 442 g/mol. The van der Waals surface area contributed by atoms with Gasteiger partial charge in [0.15, 0.2) is 0 Å². The van der Waals surface area contributed by atoms with Gasteiger partial charge in [0.25, 0.3) is 5.91 Å². The SMILES string of the molecule is COC(=O)c1ccc(C=NNC(=O)c2ccc(N(Cc3ccccc3)S(C)(=O)=O)cc2)cc1. The molecule has 9 heteroatoms. The number of amides is 1. The maximum atomic E-state index is 12.4. The predicted molar refractivity (Wildman–Crippen MR) is 127 cm³/mol. The zero-order chi connectivity index (χ0) is 23.8. The Morgan fingerprint density at radius 1 is 0.939 bits per heavy atom. The highest BCUT2D eigenvalue weighted by atomic mass is 32.2. The van der Waals surface area contributed by atoms with Crippen LogP contribution >= 0.6 is 0 Å². The van der Waals surface area contributed by atoms with E-state index < -0.39 is 21.9 Å². The summed E-state index contributed by atoms with van der Waals surface area (Å²) >= 11 is 0. The topological polar surface area (TPSA) is 105 Å². The molecule has 0 heterocycles. The van der Waals surface area contributed by atoms with Crippen molar-refractivity contribution < 1.29 is 22.7 Å². The average Bonchev–Trinajstić information content (AvgIpc) is 2.82. The molecule has 1 N–H and O–H groups in total. The molecule has 0 aliphatic rings. The molecule has 0 radical (unpaired) electrons. The Balaban J connectivity index is 1.66. The smallest absolute Gasteiger partial charge is 0.337 e. The van der Waals surface area contributed by atoms with Gasteiger partial charge >= 0.3 is 5.97 Å². The molecule has 8 nitrogen and oxygen atoms in total. The Labute approximate surface area is 192 Å². The normalized spacial score (nSPS) is 11.2. The second kappa shape index (κ2) is 10.6. The lowest BCUT2D eigenvalue weighted by Crippen LogP contribution is -2.29. The molecular formula is C24H23N3O5S. The number of rotatable bonds is 8. The first-order chi connectivity index (χ1) is 15.8. The van der Waals surface area contributed by atoms with E-state index in [1.165, 1.54) is 29.8 Å². The number of nitrogens with zero attached hydrogens (tertiary/aromatic N) is 2. The minimum atomic E-state index is -3.52. The second-order valence-electron chi connectivity index (χ2n) is 7.11. The minimum absolute atomic E-state index is 0.185. The van der Waals surface area contributed by atoms with Gasteiger partial charge in [0.05, 0.1) is 37.4 Å². The van der Waals surface area contributed by atoms with E-state index in [4.69, 9.17) is 0 Å². The number of hydrazone groups is 1. The van der Waals surface area contributed by atoms with E-state index in [0.29, 0.717) is 22.4 Å². The van der Waals surface area contributed by atoms with Gasteiger partial charge in [0.1, 0.15) is 0 Å². The van der Waals surface area contributed by atoms with E-state index in [2.05, 4.69) is 15.3 Å². The van der Waals surface area contributed by atoms with Crippen molar-refractivity contribution in [2.75, 3.05) is 17.7 Å². The Hall–Kier alpha value is -3.98. The van der Waals surface area contributed by atoms with Crippen molar-refractivity contribution in [3.63, 3.8) is 0 Å². The highest BCUT2D eigenvalue weighted by Gasteiger charge is 2.18. The summed E-state index contributed by atoms with van der Waals surface area (Å²) in [5.41, 5.74) is 5.14. The van der Waals surface area contributed by atoms with Crippen molar-refractivity contribution >= 4 is 33.8 Å². The van der Waals surface area contributed by atoms with Crippen LogP contribution in [0.25, 0.3) is 0 Å². The average molecular weight is 466 g/mol. The van der Waals surface area contributed by atoms with Crippen LogP contribution in [0.4, 0.5) is 5.69 Å². The number of ether oxygens (including phenoxy) is 1. The standard InChI is InChI=1S/C24H23N3O5S/c1-32-24(29)21-10-8-18(9-11-21)16-25-26-23(28)20-12-14-22(15-13-20)27(33(2,30)31)17-19-6-4-3-5-7-19/h3-16H,17H2,1-2H3,(H,26,28). The molecule has 33 heavy (non-hydrogen) atoms. The van der Waals surface area contributed by atoms with Crippen molar-refractivity contribution in [1.29, 1.82) is 0 Å². The monoisotopic (exact) mass is 465 g/mol. The van der Waals surface area contributed by atoms with Gasteiger partial charge in [-0.15, -0.1) is 0 Å². The van der Waals surface area contributed by atoms with Gasteiger partial charge < -0.3 is 4.74 Å². The lowest BCUT2D eigenvalue weighted by molar-refractivity contribution is 0.0600. The zero-order valence-corrected chi connectivity index (χ0v) is 19.0. The molecule has 170 valence electrons. The minimum Gasteiger partial charge on any atom is -0.465 e. The fourth-order valence-electron chi connectivity index (χ4n) is 2.98. The van der Waals surface area contributed by atoms with E-state index in [9.17, 15) is 18.0 Å². The number of sulfonamides is 1. The second-order valence-corrected chi connectivity index (χ2v) is 9.02. The summed E-state index contributed by atoms with van der Waals surface area (Å²) in [6.45, 7) is 0.185. The molecule has 0 aromatic heterocycles. The van der Waals surface area contributed by atoms with Crippen LogP contribution < -0.4 is 9.73 Å². The van der Waals surface area contributed by atoms with Crippen LogP contribution in [-0.4, -0.2) is 39.9 Å². The van der Waals surface area contributed by atoms with E-state index in [-0.39, 0.29) is 6.54 Å². The quantitative estimate of drug-likeness (QED) is 0.312. The summed E-state index contributed by atoms with van der Waals surface area (Å²) in [6, 6.07) is 22.0. The maximum absolute atomic E-state index is 12.4. The van der Waals surface area contributed by atoms with Crippen LogP contribution in [-0.2, 0) is 21.3 Å². The van der Waals surface area contributed by atoms with Gasteiger partial charge in [0.2, 0.25) is 10.0 Å². The first kappa shape index (κ1) is 23.7.